The van der Waals surface area contributed by atoms with E-state index in [1.807, 2.05) is 0 Å². The van der Waals surface area contributed by atoms with Gasteiger partial charge in [0.05, 0.1) is 5.70 Å². The Hall–Kier alpha value is -3.08. The number of anilines is 1. The molecule has 0 bridgehead atoms. The molecule has 11 heteroatoms. The van der Waals surface area contributed by atoms with E-state index in [-0.39, 0.29) is 23.2 Å². The van der Waals surface area contributed by atoms with Gasteiger partial charge in [0, 0.05) is 30.6 Å². The van der Waals surface area contributed by atoms with Gasteiger partial charge in [0.2, 0.25) is 14.9 Å². The van der Waals surface area contributed by atoms with Crippen molar-refractivity contribution in [1.29, 1.82) is 0 Å². The first-order valence-corrected chi connectivity index (χ1v) is 13.8. The third-order valence-corrected chi connectivity index (χ3v) is 8.65. The molecule has 0 radical (unpaired) electrons. The van der Waals surface area contributed by atoms with Crippen molar-refractivity contribution in [2.24, 2.45) is 10.1 Å². The number of allylic oxidation sites excluding steroid dienone is 1. The van der Waals surface area contributed by atoms with Crippen molar-refractivity contribution >= 4 is 45.2 Å². The lowest BCUT2D eigenvalue weighted by Crippen LogP contribution is -2.59. The molecule has 2 aromatic carbocycles. The molecule has 1 amide bonds. The quantitative estimate of drug-likeness (QED) is 0.422. The number of amides is 1. The van der Waals surface area contributed by atoms with Crippen LogP contribution in [-0.2, 0) is 14.8 Å². The molecule has 2 aliphatic rings. The van der Waals surface area contributed by atoms with Crippen LogP contribution in [0.3, 0.4) is 0 Å². The highest BCUT2D eigenvalue weighted by Gasteiger charge is 2.56. The van der Waals surface area contributed by atoms with Gasteiger partial charge in [-0.05, 0) is 68.0 Å². The van der Waals surface area contributed by atoms with Crippen molar-refractivity contribution in [2.75, 3.05) is 18.4 Å². The molecule has 1 fully saturated rings. The minimum absolute atomic E-state index is 0.0950. The molecule has 3 N–H and O–H groups in total. The van der Waals surface area contributed by atoms with Gasteiger partial charge in [0.1, 0.15) is 5.82 Å². The number of piperidine rings is 1. The minimum Gasteiger partial charge on any atom is -0.357 e. The van der Waals surface area contributed by atoms with Crippen LogP contribution in [0.5, 0.6) is 0 Å². The fourth-order valence-electron chi connectivity index (χ4n) is 4.72. The average molecular weight is 547 g/mol. The summed E-state index contributed by atoms with van der Waals surface area (Å²) >= 11 is 6.95. The van der Waals surface area contributed by atoms with E-state index in [0.717, 1.165) is 11.1 Å². The fraction of sp³-hybridized carbons (Fsp3) is 0.346. The molecule has 196 valence electrons. The molecule has 4 rings (SSSR count). The Kier molecular flexibility index (Phi) is 7.55. The van der Waals surface area contributed by atoms with Crippen LogP contribution in [0.25, 0.3) is 0 Å². The number of aliphatic imine (C=N–C) groups is 1. The minimum atomic E-state index is -4.38. The normalized spacial score (nSPS) is 22.5. The van der Waals surface area contributed by atoms with Gasteiger partial charge in [-0.1, -0.05) is 35.9 Å². The topological polar surface area (TPSA) is 122 Å². The number of nitrogens with two attached hydrogens (primary N) is 1. The zero-order chi connectivity index (χ0) is 27.0. The Balaban J connectivity index is 1.63. The lowest BCUT2D eigenvalue weighted by Gasteiger charge is -2.41. The zero-order valence-corrected chi connectivity index (χ0v) is 22.0. The van der Waals surface area contributed by atoms with E-state index in [0.29, 0.717) is 37.2 Å². The first-order valence-electron chi connectivity index (χ1n) is 11.8. The van der Waals surface area contributed by atoms with Crippen molar-refractivity contribution in [1.82, 2.24) is 4.90 Å². The van der Waals surface area contributed by atoms with Gasteiger partial charge in [0.25, 0.3) is 5.91 Å². The van der Waals surface area contributed by atoms with Gasteiger partial charge in [-0.25, -0.2) is 17.9 Å². The molecular formula is C26H28ClFN4O4S. The monoisotopic (exact) mass is 546 g/mol. The van der Waals surface area contributed by atoms with Crippen LogP contribution >= 0.6 is 11.6 Å². The fourth-order valence-corrected chi connectivity index (χ4v) is 6.30. The number of nitrogens with one attached hydrogen (secondary N) is 1. The van der Waals surface area contributed by atoms with E-state index in [2.05, 4.69) is 10.3 Å². The van der Waals surface area contributed by atoms with Crippen LogP contribution in [-0.4, -0.2) is 54.6 Å². The predicted octanol–water partition coefficient (Wildman–Crippen LogP) is 3.72. The molecule has 2 aliphatic heterocycles. The maximum absolute atomic E-state index is 13.9. The smallest absolute Gasteiger partial charge is 0.253 e. The molecule has 2 unspecified atom stereocenters. The van der Waals surface area contributed by atoms with E-state index >= 15 is 0 Å². The summed E-state index contributed by atoms with van der Waals surface area (Å²) in [6, 6.07) is 11.3. The first-order chi connectivity index (χ1) is 17.4. The largest absolute Gasteiger partial charge is 0.357 e. The van der Waals surface area contributed by atoms with Crippen molar-refractivity contribution in [3.05, 3.63) is 76.7 Å². The van der Waals surface area contributed by atoms with Crippen LogP contribution in [0.15, 0.2) is 59.2 Å². The van der Waals surface area contributed by atoms with E-state index in [9.17, 15) is 22.4 Å². The number of sulfonamides is 1. The summed E-state index contributed by atoms with van der Waals surface area (Å²) in [6.07, 6.45) is 3.88. The van der Waals surface area contributed by atoms with E-state index < -0.39 is 26.2 Å². The number of likely N-dealkylation sites (tertiary alicyclic amines) is 1. The Bertz CT molecular complexity index is 1390. The summed E-state index contributed by atoms with van der Waals surface area (Å²) in [4.78, 5) is 29.1. The molecule has 0 spiro atoms. The third kappa shape index (κ3) is 5.46. The number of benzene rings is 2. The summed E-state index contributed by atoms with van der Waals surface area (Å²) in [5, 5.41) is 6.81. The van der Waals surface area contributed by atoms with Crippen LogP contribution in [0, 0.1) is 12.7 Å². The van der Waals surface area contributed by atoms with E-state index in [1.165, 1.54) is 36.2 Å². The molecule has 37 heavy (non-hydrogen) atoms. The molecule has 0 saturated carbocycles. The Morgan fingerprint density at radius 3 is 2.41 bits per heavy atom. The maximum Gasteiger partial charge on any atom is 0.253 e. The Labute approximate surface area is 220 Å². The summed E-state index contributed by atoms with van der Waals surface area (Å²) in [6.45, 7) is 3.88. The van der Waals surface area contributed by atoms with Gasteiger partial charge in [-0.15, -0.1) is 0 Å². The molecule has 0 aliphatic carbocycles. The van der Waals surface area contributed by atoms with Gasteiger partial charge in [-0.3, -0.25) is 14.6 Å². The highest BCUT2D eigenvalue weighted by atomic mass is 35.5. The lowest BCUT2D eigenvalue weighted by atomic mass is 9.88. The molecule has 0 aromatic heterocycles. The number of rotatable bonds is 6. The number of hydrogen-bond acceptors (Lipinski definition) is 6. The maximum atomic E-state index is 13.9. The van der Waals surface area contributed by atoms with Crippen LogP contribution in [0.1, 0.15) is 47.2 Å². The number of hydrogen-bond donors (Lipinski definition) is 2. The molecular weight excluding hydrogens is 519 g/mol. The number of Topliss-reactive ketones (excluding diaryl/α,β-unsaturated/α-hetero) is 1. The SMILES string of the molecule is CC(=O)c1ccc(C)c(NC2=CC=NC(S(N)(=O)=O)C2(Cl)C(=O)N2CCC(c3ccc(F)cc3)CC2)c1. The van der Waals surface area contributed by atoms with E-state index in [4.69, 9.17) is 16.7 Å². The summed E-state index contributed by atoms with van der Waals surface area (Å²) in [7, 11) is -4.38. The molecule has 8 nitrogen and oxygen atoms in total. The van der Waals surface area contributed by atoms with Crippen molar-refractivity contribution in [3.63, 3.8) is 0 Å². The number of aryl methyl sites for hydroxylation is 1. The second kappa shape index (κ2) is 10.4. The van der Waals surface area contributed by atoms with Gasteiger partial charge >= 0.3 is 0 Å². The number of ketones is 1. The molecule has 2 atom stereocenters. The summed E-state index contributed by atoms with van der Waals surface area (Å²) < 4.78 is 38.4. The van der Waals surface area contributed by atoms with Crippen molar-refractivity contribution in [2.45, 2.75) is 42.9 Å². The number of primary sulfonamides is 1. The number of dihydropyridines is 1. The number of carbonyl (C=O) groups excluding carboxylic acids is 2. The summed E-state index contributed by atoms with van der Waals surface area (Å²) in [5.41, 5.74) is 2.76. The van der Waals surface area contributed by atoms with Gasteiger partial charge in [-0.2, -0.15) is 0 Å². The van der Waals surface area contributed by atoms with Crippen LogP contribution in [0.2, 0.25) is 0 Å². The highest BCUT2D eigenvalue weighted by molar-refractivity contribution is 7.90. The number of halogens is 2. The second-order valence-corrected chi connectivity index (χ2v) is 11.6. The highest BCUT2D eigenvalue weighted by Crippen LogP contribution is 2.40. The lowest BCUT2D eigenvalue weighted by molar-refractivity contribution is -0.134. The van der Waals surface area contributed by atoms with Crippen molar-refractivity contribution < 1.29 is 22.4 Å². The second-order valence-electron chi connectivity index (χ2n) is 9.36. The average Bonchev–Trinajstić information content (AvgIpc) is 2.85. The summed E-state index contributed by atoms with van der Waals surface area (Å²) in [5.74, 6) is -0.980. The van der Waals surface area contributed by atoms with Gasteiger partial charge < -0.3 is 10.2 Å². The van der Waals surface area contributed by atoms with Crippen LogP contribution in [0.4, 0.5) is 10.1 Å². The van der Waals surface area contributed by atoms with Gasteiger partial charge in [0.15, 0.2) is 11.2 Å². The predicted molar refractivity (Wildman–Crippen MR) is 142 cm³/mol. The van der Waals surface area contributed by atoms with Crippen LogP contribution < -0.4 is 10.5 Å². The molecule has 2 aromatic rings. The Morgan fingerprint density at radius 1 is 1.16 bits per heavy atom. The molecule has 1 saturated heterocycles. The standard InChI is InChI=1S/C26H28ClFN4O4S/c1-16-3-4-20(17(2)33)15-22(16)31-23-9-12-30-24(37(29,35)36)26(23,27)25(34)32-13-10-19(11-14-32)18-5-7-21(28)8-6-18/h3-9,12,15,19,24,31H,10-11,13-14H2,1-2H3,(H2,29,35,36). The van der Waals surface area contributed by atoms with Crippen molar-refractivity contribution in [3.8, 4) is 0 Å². The number of nitrogens with zero attached hydrogens (tertiary/aromatic N) is 2. The number of alkyl halides is 1. The first kappa shape index (κ1) is 27.0. The Morgan fingerprint density at radius 2 is 1.81 bits per heavy atom. The molecule has 2 heterocycles. The number of carbonyl (C=O) groups is 2. The third-order valence-electron chi connectivity index (χ3n) is 6.85. The zero-order valence-electron chi connectivity index (χ0n) is 20.4. The van der Waals surface area contributed by atoms with E-state index in [1.54, 1.807) is 37.3 Å².